The van der Waals surface area contributed by atoms with Crippen LogP contribution in [0.3, 0.4) is 0 Å². The van der Waals surface area contributed by atoms with Gasteiger partial charge in [0.05, 0.1) is 0 Å². The third-order valence-corrected chi connectivity index (χ3v) is 4.70. The van der Waals surface area contributed by atoms with E-state index in [4.69, 9.17) is 13.9 Å². The quantitative estimate of drug-likeness (QED) is 0.495. The van der Waals surface area contributed by atoms with Crippen molar-refractivity contribution in [1.82, 2.24) is 0 Å². The van der Waals surface area contributed by atoms with Crippen LogP contribution < -0.4 is 10.1 Å². The molecule has 1 amide bonds. The molecule has 3 rings (SSSR count). The Balaban J connectivity index is 1.44. The van der Waals surface area contributed by atoms with Gasteiger partial charge in [-0.3, -0.25) is 4.79 Å². The van der Waals surface area contributed by atoms with E-state index in [9.17, 15) is 9.59 Å². The summed E-state index contributed by atoms with van der Waals surface area (Å²) in [6, 6.07) is 20.1. The number of anilines is 1. The maximum Gasteiger partial charge on any atom is 0.374 e. The summed E-state index contributed by atoms with van der Waals surface area (Å²) in [5, 5.41) is 2.71. The molecule has 6 nitrogen and oxygen atoms in total. The molecule has 30 heavy (non-hydrogen) atoms. The minimum atomic E-state index is -0.705. The zero-order chi connectivity index (χ0) is 21.3. The van der Waals surface area contributed by atoms with Crippen LogP contribution in [-0.4, -0.2) is 18.5 Å². The average Bonchev–Trinajstić information content (AvgIpc) is 3.26. The average molecular weight is 407 g/mol. The molecular formula is C24H25NO5. The maximum atomic E-state index is 12.1. The number of ether oxygens (including phenoxy) is 2. The number of para-hydroxylation sites is 1. The van der Waals surface area contributed by atoms with Crippen molar-refractivity contribution in [2.75, 3.05) is 11.9 Å². The van der Waals surface area contributed by atoms with Crippen LogP contribution >= 0.6 is 0 Å². The molecule has 1 N–H and O–H groups in total. The van der Waals surface area contributed by atoms with Crippen LogP contribution in [0.2, 0.25) is 0 Å². The fraction of sp³-hybridized carbons (Fsp3) is 0.250. The predicted molar refractivity (Wildman–Crippen MR) is 114 cm³/mol. The molecule has 0 bridgehead atoms. The summed E-state index contributed by atoms with van der Waals surface area (Å²) >= 11 is 0. The van der Waals surface area contributed by atoms with Crippen molar-refractivity contribution < 1.29 is 23.5 Å². The van der Waals surface area contributed by atoms with Gasteiger partial charge in [0.15, 0.2) is 6.61 Å². The summed E-state index contributed by atoms with van der Waals surface area (Å²) in [5.41, 5.74) is 1.87. The summed E-state index contributed by atoms with van der Waals surface area (Å²) in [6.45, 7) is 4.07. The number of esters is 1. The van der Waals surface area contributed by atoms with Crippen LogP contribution in [0.25, 0.3) is 0 Å². The molecule has 0 aliphatic rings. The van der Waals surface area contributed by atoms with Crippen molar-refractivity contribution in [2.24, 2.45) is 0 Å². The molecule has 0 aliphatic heterocycles. The molecule has 0 unspecified atom stereocenters. The lowest BCUT2D eigenvalue weighted by molar-refractivity contribution is -0.119. The number of carbonyl (C=O) groups is 2. The van der Waals surface area contributed by atoms with Crippen LogP contribution in [0.4, 0.5) is 5.69 Å². The molecule has 0 saturated carbocycles. The van der Waals surface area contributed by atoms with Gasteiger partial charge >= 0.3 is 5.97 Å². The Morgan fingerprint density at radius 3 is 2.43 bits per heavy atom. The van der Waals surface area contributed by atoms with Crippen molar-refractivity contribution >= 4 is 17.6 Å². The fourth-order valence-electron chi connectivity index (χ4n) is 2.77. The molecule has 0 fully saturated rings. The summed E-state index contributed by atoms with van der Waals surface area (Å²) < 4.78 is 16.0. The van der Waals surface area contributed by atoms with E-state index < -0.39 is 18.5 Å². The third-order valence-electron chi connectivity index (χ3n) is 4.70. The number of hydrogen-bond donors (Lipinski definition) is 1. The van der Waals surface area contributed by atoms with Gasteiger partial charge in [-0.2, -0.15) is 0 Å². The Labute approximate surface area is 175 Å². The molecule has 1 atom stereocenters. The molecule has 0 radical (unpaired) electrons. The minimum absolute atomic E-state index is 0.0207. The molecule has 0 spiro atoms. The summed E-state index contributed by atoms with van der Waals surface area (Å²) in [7, 11) is 0. The molecule has 3 aromatic rings. The van der Waals surface area contributed by atoms with E-state index in [0.29, 0.717) is 23.1 Å². The molecule has 156 valence electrons. The van der Waals surface area contributed by atoms with Crippen LogP contribution in [0, 0.1) is 0 Å². The number of rotatable bonds is 9. The lowest BCUT2D eigenvalue weighted by atomic mass is 9.99. The Morgan fingerprint density at radius 2 is 1.73 bits per heavy atom. The number of nitrogens with one attached hydrogen (secondary N) is 1. The van der Waals surface area contributed by atoms with Crippen LogP contribution in [0.1, 0.15) is 48.1 Å². The van der Waals surface area contributed by atoms with Crippen LogP contribution in [0.5, 0.6) is 5.75 Å². The topological polar surface area (TPSA) is 77.8 Å². The van der Waals surface area contributed by atoms with E-state index in [1.807, 2.05) is 54.6 Å². The highest BCUT2D eigenvalue weighted by molar-refractivity contribution is 5.94. The number of benzene rings is 2. The Kier molecular flexibility index (Phi) is 7.27. The van der Waals surface area contributed by atoms with E-state index in [1.165, 1.54) is 11.6 Å². The van der Waals surface area contributed by atoms with Gasteiger partial charge in [-0.25, -0.2) is 4.79 Å². The van der Waals surface area contributed by atoms with E-state index in [2.05, 4.69) is 19.2 Å². The third kappa shape index (κ3) is 5.98. The van der Waals surface area contributed by atoms with Gasteiger partial charge in [-0.05, 0) is 54.3 Å². The van der Waals surface area contributed by atoms with Gasteiger partial charge in [-0.15, -0.1) is 0 Å². The standard InChI is InChI=1S/C24H25NO5/c1-3-17(2)18-9-11-19(12-10-18)25-23(26)16-29-24(27)22-14-13-21(30-22)15-28-20-7-5-4-6-8-20/h4-14,17H,3,15-16H2,1-2H3,(H,25,26)/t17-/m1/s1. The number of amides is 1. The first kappa shape index (κ1) is 21.2. The fourth-order valence-corrected chi connectivity index (χ4v) is 2.77. The smallest absolute Gasteiger partial charge is 0.374 e. The van der Waals surface area contributed by atoms with Crippen molar-refractivity contribution in [2.45, 2.75) is 32.8 Å². The maximum absolute atomic E-state index is 12.1. The molecule has 1 heterocycles. The Bertz CT molecular complexity index is 963. The number of hydrogen-bond acceptors (Lipinski definition) is 5. The van der Waals surface area contributed by atoms with Gasteiger partial charge < -0.3 is 19.2 Å². The number of carbonyl (C=O) groups excluding carboxylic acids is 2. The first-order valence-corrected chi connectivity index (χ1v) is 9.88. The van der Waals surface area contributed by atoms with Crippen molar-refractivity contribution in [3.8, 4) is 5.75 Å². The first-order chi connectivity index (χ1) is 14.5. The predicted octanol–water partition coefficient (Wildman–Crippen LogP) is 5.17. The SMILES string of the molecule is CC[C@@H](C)c1ccc(NC(=O)COC(=O)c2ccc(COc3ccccc3)o2)cc1. The highest BCUT2D eigenvalue weighted by atomic mass is 16.6. The lowest BCUT2D eigenvalue weighted by Gasteiger charge is -2.10. The van der Waals surface area contributed by atoms with Gasteiger partial charge in [0.25, 0.3) is 5.91 Å². The highest BCUT2D eigenvalue weighted by Crippen LogP contribution is 2.20. The van der Waals surface area contributed by atoms with E-state index >= 15 is 0 Å². The summed E-state index contributed by atoms with van der Waals surface area (Å²) in [4.78, 5) is 24.2. The normalized spacial score (nSPS) is 11.5. The second-order valence-electron chi connectivity index (χ2n) is 6.92. The largest absolute Gasteiger partial charge is 0.486 e. The van der Waals surface area contributed by atoms with Gasteiger partial charge in [-0.1, -0.05) is 44.2 Å². The molecule has 6 heteroatoms. The molecule has 0 saturated heterocycles. The van der Waals surface area contributed by atoms with Crippen LogP contribution in [0.15, 0.2) is 71.1 Å². The van der Waals surface area contributed by atoms with Crippen LogP contribution in [-0.2, 0) is 16.1 Å². The minimum Gasteiger partial charge on any atom is -0.486 e. The monoisotopic (exact) mass is 407 g/mol. The summed E-state index contributed by atoms with van der Waals surface area (Å²) in [5.74, 6) is 0.546. The molecule has 0 aliphatic carbocycles. The molecule has 2 aromatic carbocycles. The second-order valence-corrected chi connectivity index (χ2v) is 6.92. The highest BCUT2D eigenvalue weighted by Gasteiger charge is 2.15. The van der Waals surface area contributed by atoms with E-state index in [1.54, 1.807) is 6.07 Å². The van der Waals surface area contributed by atoms with Crippen molar-refractivity contribution in [3.63, 3.8) is 0 Å². The Morgan fingerprint density at radius 1 is 1.00 bits per heavy atom. The zero-order valence-corrected chi connectivity index (χ0v) is 17.1. The van der Waals surface area contributed by atoms with Crippen molar-refractivity contribution in [1.29, 1.82) is 0 Å². The number of furan rings is 1. The van der Waals surface area contributed by atoms with Gasteiger partial charge in [0, 0.05) is 5.69 Å². The first-order valence-electron chi connectivity index (χ1n) is 9.88. The van der Waals surface area contributed by atoms with Gasteiger partial charge in [0.2, 0.25) is 5.76 Å². The Hall–Kier alpha value is -3.54. The van der Waals surface area contributed by atoms with Gasteiger partial charge in [0.1, 0.15) is 18.1 Å². The van der Waals surface area contributed by atoms with Crippen molar-refractivity contribution in [3.05, 3.63) is 83.8 Å². The van der Waals surface area contributed by atoms with E-state index in [-0.39, 0.29) is 12.4 Å². The van der Waals surface area contributed by atoms with E-state index in [0.717, 1.165) is 6.42 Å². The zero-order valence-electron chi connectivity index (χ0n) is 17.1. The second kappa shape index (κ2) is 10.3. The summed E-state index contributed by atoms with van der Waals surface area (Å²) in [6.07, 6.45) is 1.05. The molecular weight excluding hydrogens is 382 g/mol. The lowest BCUT2D eigenvalue weighted by Crippen LogP contribution is -2.20. The molecule has 1 aromatic heterocycles.